The minimum Gasteiger partial charge on any atom is -0.378 e. The van der Waals surface area contributed by atoms with E-state index >= 15 is 0 Å². The molecule has 0 N–H and O–H groups in total. The SMILES string of the molecule is CCCC(C)C1CCC2C3C(C(C)C4CCCCO4)CC4CC(=O)CCC4(C)C3CC(OCc3ccccc3)C12C. The lowest BCUT2D eigenvalue weighted by molar-refractivity contribution is -0.214. The van der Waals surface area contributed by atoms with Crippen LogP contribution in [0, 0.1) is 58.2 Å². The van der Waals surface area contributed by atoms with E-state index in [9.17, 15) is 4.79 Å². The molecule has 1 aliphatic heterocycles. The van der Waals surface area contributed by atoms with E-state index in [-0.39, 0.29) is 16.9 Å². The normalized spacial score (nSPS) is 44.0. The van der Waals surface area contributed by atoms with E-state index in [0.29, 0.717) is 48.1 Å². The van der Waals surface area contributed by atoms with Crippen LogP contribution in [0.1, 0.15) is 117 Å². The predicted octanol–water partition coefficient (Wildman–Crippen LogP) is 9.28. The number of hydrogen-bond donors (Lipinski definition) is 0. The molecule has 4 saturated carbocycles. The Hall–Kier alpha value is -1.19. The third-order valence-corrected chi connectivity index (χ3v) is 13.9. The van der Waals surface area contributed by atoms with Crippen molar-refractivity contribution in [3.05, 3.63) is 35.9 Å². The van der Waals surface area contributed by atoms with E-state index in [1.807, 2.05) is 0 Å². The second-order valence-electron chi connectivity index (χ2n) is 15.7. The van der Waals surface area contributed by atoms with E-state index in [1.165, 1.54) is 63.4 Å². The van der Waals surface area contributed by atoms with Gasteiger partial charge in [0.15, 0.2) is 0 Å². The lowest BCUT2D eigenvalue weighted by atomic mass is 9.40. The molecule has 1 saturated heterocycles. The Balaban J connectivity index is 1.39. The maximum Gasteiger partial charge on any atom is 0.133 e. The Morgan fingerprint density at radius 3 is 2.56 bits per heavy atom. The molecule has 5 fully saturated rings. The van der Waals surface area contributed by atoms with Gasteiger partial charge in [-0.15, -0.1) is 0 Å². The van der Waals surface area contributed by atoms with E-state index in [1.54, 1.807) is 0 Å². The first kappa shape index (κ1) is 29.9. The van der Waals surface area contributed by atoms with E-state index in [2.05, 4.69) is 65.0 Å². The van der Waals surface area contributed by atoms with Crippen LogP contribution in [0.5, 0.6) is 0 Å². The first-order valence-electron chi connectivity index (χ1n) is 17.6. The number of ether oxygens (including phenoxy) is 2. The lowest BCUT2D eigenvalue weighted by Gasteiger charge is -2.65. The minimum absolute atomic E-state index is 0.212. The zero-order valence-corrected chi connectivity index (χ0v) is 26.8. The molecule has 0 spiro atoms. The molecule has 3 nitrogen and oxygen atoms in total. The molecular formula is C38H58O3. The fraction of sp³-hybridized carbons (Fsp3) is 0.816. The van der Waals surface area contributed by atoms with Crippen LogP contribution < -0.4 is 0 Å². The second-order valence-corrected chi connectivity index (χ2v) is 15.7. The van der Waals surface area contributed by atoms with Crippen molar-refractivity contribution in [3.63, 3.8) is 0 Å². The van der Waals surface area contributed by atoms with Crippen LogP contribution >= 0.6 is 0 Å². The molecule has 3 heteroatoms. The van der Waals surface area contributed by atoms with Crippen LogP contribution in [0.3, 0.4) is 0 Å². The summed E-state index contributed by atoms with van der Waals surface area (Å²) in [5, 5.41) is 0. The lowest BCUT2D eigenvalue weighted by Crippen LogP contribution is -2.62. The maximum atomic E-state index is 12.9. The highest BCUT2D eigenvalue weighted by molar-refractivity contribution is 5.79. The number of rotatable bonds is 8. The van der Waals surface area contributed by atoms with E-state index in [0.717, 1.165) is 43.6 Å². The summed E-state index contributed by atoms with van der Waals surface area (Å²) in [4.78, 5) is 12.9. The van der Waals surface area contributed by atoms with Crippen molar-refractivity contribution in [3.8, 4) is 0 Å². The molecule has 12 unspecified atom stereocenters. The Morgan fingerprint density at radius 1 is 1.02 bits per heavy atom. The van der Waals surface area contributed by atoms with Crippen molar-refractivity contribution in [2.24, 2.45) is 58.2 Å². The first-order valence-corrected chi connectivity index (χ1v) is 17.6. The molecule has 1 aromatic carbocycles. The summed E-state index contributed by atoms with van der Waals surface area (Å²) in [5.74, 6) is 5.82. The highest BCUT2D eigenvalue weighted by Gasteiger charge is 2.66. The van der Waals surface area contributed by atoms with Crippen LogP contribution in [0.4, 0.5) is 0 Å². The number of carbonyl (C=O) groups is 1. The minimum atomic E-state index is 0.212. The topological polar surface area (TPSA) is 35.5 Å². The van der Waals surface area contributed by atoms with Gasteiger partial charge in [0.05, 0.1) is 18.8 Å². The van der Waals surface area contributed by atoms with Gasteiger partial charge in [-0.2, -0.15) is 0 Å². The van der Waals surface area contributed by atoms with Crippen LogP contribution in [-0.2, 0) is 20.9 Å². The molecule has 4 aliphatic carbocycles. The average molecular weight is 563 g/mol. The quantitative estimate of drug-likeness (QED) is 0.317. The van der Waals surface area contributed by atoms with Crippen LogP contribution in [-0.4, -0.2) is 24.6 Å². The summed E-state index contributed by atoms with van der Waals surface area (Å²) in [7, 11) is 0. The molecule has 228 valence electrons. The molecule has 0 bridgehead atoms. The number of hydrogen-bond acceptors (Lipinski definition) is 3. The monoisotopic (exact) mass is 562 g/mol. The number of Topliss-reactive ketones (excluding diaryl/α,β-unsaturated/α-hetero) is 1. The second kappa shape index (κ2) is 12.1. The van der Waals surface area contributed by atoms with Crippen molar-refractivity contribution in [2.45, 2.75) is 130 Å². The molecule has 12 atom stereocenters. The van der Waals surface area contributed by atoms with Crippen molar-refractivity contribution in [2.75, 3.05) is 6.61 Å². The van der Waals surface area contributed by atoms with Gasteiger partial charge in [0.2, 0.25) is 0 Å². The number of benzene rings is 1. The Bertz CT molecular complexity index is 1030. The van der Waals surface area contributed by atoms with Gasteiger partial charge in [-0.05, 0) is 115 Å². The number of carbonyl (C=O) groups excluding carboxylic acids is 1. The van der Waals surface area contributed by atoms with Gasteiger partial charge in [0, 0.05) is 19.4 Å². The fourth-order valence-electron chi connectivity index (χ4n) is 11.7. The van der Waals surface area contributed by atoms with Crippen molar-refractivity contribution in [1.82, 2.24) is 0 Å². The van der Waals surface area contributed by atoms with Crippen LogP contribution in [0.15, 0.2) is 30.3 Å². The van der Waals surface area contributed by atoms with Crippen molar-refractivity contribution in [1.29, 1.82) is 0 Å². The smallest absolute Gasteiger partial charge is 0.133 e. The van der Waals surface area contributed by atoms with Crippen LogP contribution in [0.25, 0.3) is 0 Å². The first-order chi connectivity index (χ1) is 19.8. The van der Waals surface area contributed by atoms with Gasteiger partial charge in [-0.25, -0.2) is 0 Å². The average Bonchev–Trinajstić information content (AvgIpc) is 3.35. The standard InChI is InChI=1S/C38H58O3/c1-6-12-25(2)31-16-17-32-36-30(26(3)34-15-10-11-20-40-34)22-28-21-29(39)18-19-37(28,4)33(36)23-35(38(31,32)5)41-24-27-13-8-7-9-14-27/h7-9,13-14,25-26,28,30-36H,6,10-12,15-24H2,1-5H3. The summed E-state index contributed by atoms with van der Waals surface area (Å²) >= 11 is 0. The summed E-state index contributed by atoms with van der Waals surface area (Å²) in [6.45, 7) is 14.4. The van der Waals surface area contributed by atoms with Crippen LogP contribution in [0.2, 0.25) is 0 Å². The molecule has 6 rings (SSSR count). The Labute approximate surface area is 250 Å². The third kappa shape index (κ3) is 5.28. The summed E-state index contributed by atoms with van der Waals surface area (Å²) in [6, 6.07) is 10.9. The molecule has 0 radical (unpaired) electrons. The summed E-state index contributed by atoms with van der Waals surface area (Å²) in [5.41, 5.74) is 1.76. The maximum absolute atomic E-state index is 12.9. The van der Waals surface area contributed by atoms with Gasteiger partial charge in [-0.1, -0.05) is 77.8 Å². The van der Waals surface area contributed by atoms with Gasteiger partial charge >= 0.3 is 0 Å². The molecule has 1 aromatic rings. The van der Waals surface area contributed by atoms with Gasteiger partial charge in [-0.3, -0.25) is 4.79 Å². The van der Waals surface area contributed by atoms with E-state index in [4.69, 9.17) is 9.47 Å². The van der Waals surface area contributed by atoms with Gasteiger partial charge < -0.3 is 9.47 Å². The molecule has 0 amide bonds. The number of fused-ring (bicyclic) bond motifs is 5. The largest absolute Gasteiger partial charge is 0.378 e. The van der Waals surface area contributed by atoms with E-state index < -0.39 is 0 Å². The zero-order chi connectivity index (χ0) is 28.8. The molecule has 41 heavy (non-hydrogen) atoms. The zero-order valence-electron chi connectivity index (χ0n) is 26.8. The highest BCUT2D eigenvalue weighted by Crippen LogP contribution is 2.71. The van der Waals surface area contributed by atoms with Gasteiger partial charge in [0.25, 0.3) is 0 Å². The highest BCUT2D eigenvalue weighted by atomic mass is 16.5. The fourth-order valence-corrected chi connectivity index (χ4v) is 11.7. The van der Waals surface area contributed by atoms with Crippen molar-refractivity contribution >= 4 is 5.78 Å². The Kier molecular flexibility index (Phi) is 8.79. The summed E-state index contributed by atoms with van der Waals surface area (Å²) < 4.78 is 13.7. The van der Waals surface area contributed by atoms with Gasteiger partial charge in [0.1, 0.15) is 5.78 Å². The molecule has 0 aromatic heterocycles. The molecular weight excluding hydrogens is 504 g/mol. The molecule has 5 aliphatic rings. The molecule has 1 heterocycles. The summed E-state index contributed by atoms with van der Waals surface area (Å²) in [6.07, 6.45) is 14.8. The third-order valence-electron chi connectivity index (χ3n) is 13.9. The Morgan fingerprint density at radius 2 is 1.83 bits per heavy atom. The number of ketones is 1. The predicted molar refractivity (Wildman–Crippen MR) is 166 cm³/mol. The van der Waals surface area contributed by atoms with Crippen molar-refractivity contribution < 1.29 is 14.3 Å².